The average Bonchev–Trinajstić information content (AvgIpc) is 2.61. The molecule has 6 heteroatoms. The SMILES string of the molecule is CCN(CCNC(=NC)NCc1cccc(C)n1)c1cccc(C)c1.I. The zero-order valence-electron chi connectivity index (χ0n) is 16.1. The Labute approximate surface area is 174 Å². The average molecular weight is 467 g/mol. The Kier molecular flexibility index (Phi) is 10.0. The maximum atomic E-state index is 4.50. The van der Waals surface area contributed by atoms with Gasteiger partial charge in [-0.15, -0.1) is 24.0 Å². The Hall–Kier alpha value is -1.83. The molecule has 1 heterocycles. The van der Waals surface area contributed by atoms with E-state index < -0.39 is 0 Å². The summed E-state index contributed by atoms with van der Waals surface area (Å²) < 4.78 is 0. The molecule has 2 N–H and O–H groups in total. The number of anilines is 1. The highest BCUT2D eigenvalue weighted by molar-refractivity contribution is 14.0. The highest BCUT2D eigenvalue weighted by Gasteiger charge is 2.05. The van der Waals surface area contributed by atoms with Crippen LogP contribution in [0.1, 0.15) is 23.9 Å². The fourth-order valence-corrected chi connectivity index (χ4v) is 2.70. The summed E-state index contributed by atoms with van der Waals surface area (Å²) in [7, 11) is 1.79. The van der Waals surface area contributed by atoms with E-state index in [2.05, 4.69) is 63.6 Å². The lowest BCUT2D eigenvalue weighted by Crippen LogP contribution is -2.41. The van der Waals surface area contributed by atoms with Crippen molar-refractivity contribution in [2.75, 3.05) is 31.6 Å². The van der Waals surface area contributed by atoms with Gasteiger partial charge in [0.2, 0.25) is 0 Å². The molecule has 26 heavy (non-hydrogen) atoms. The lowest BCUT2D eigenvalue weighted by atomic mass is 10.2. The van der Waals surface area contributed by atoms with E-state index in [4.69, 9.17) is 0 Å². The van der Waals surface area contributed by atoms with Gasteiger partial charge in [-0.2, -0.15) is 0 Å². The number of benzene rings is 1. The lowest BCUT2D eigenvalue weighted by Gasteiger charge is -2.24. The first-order chi connectivity index (χ1) is 12.1. The van der Waals surface area contributed by atoms with Gasteiger partial charge in [0.1, 0.15) is 0 Å². The molecule has 2 aromatic rings. The summed E-state index contributed by atoms with van der Waals surface area (Å²) in [5.41, 5.74) is 4.58. The molecule has 0 saturated carbocycles. The molecule has 0 amide bonds. The first kappa shape index (κ1) is 22.2. The summed E-state index contributed by atoms with van der Waals surface area (Å²) in [6.07, 6.45) is 0. The summed E-state index contributed by atoms with van der Waals surface area (Å²) in [6, 6.07) is 14.7. The van der Waals surface area contributed by atoms with E-state index in [0.717, 1.165) is 37.0 Å². The van der Waals surface area contributed by atoms with Crippen molar-refractivity contribution in [3.05, 3.63) is 59.4 Å². The van der Waals surface area contributed by atoms with Gasteiger partial charge in [-0.25, -0.2) is 0 Å². The minimum atomic E-state index is 0. The van der Waals surface area contributed by atoms with Crippen LogP contribution >= 0.6 is 24.0 Å². The number of pyridine rings is 1. The number of aliphatic imine (C=N–C) groups is 1. The number of aryl methyl sites for hydroxylation is 2. The molecule has 0 atom stereocenters. The second-order valence-electron chi connectivity index (χ2n) is 6.04. The van der Waals surface area contributed by atoms with Gasteiger partial charge in [-0.3, -0.25) is 9.98 Å². The molecule has 0 fully saturated rings. The highest BCUT2D eigenvalue weighted by atomic mass is 127. The molecule has 5 nitrogen and oxygen atoms in total. The predicted octanol–water partition coefficient (Wildman–Crippen LogP) is 3.51. The number of nitrogens with zero attached hydrogens (tertiary/aromatic N) is 3. The Balaban J connectivity index is 0.00000338. The van der Waals surface area contributed by atoms with Crippen LogP contribution in [-0.4, -0.2) is 37.6 Å². The van der Waals surface area contributed by atoms with Crippen LogP contribution in [0.15, 0.2) is 47.5 Å². The molecular formula is C20H30IN5. The molecule has 0 saturated heterocycles. The van der Waals surface area contributed by atoms with Crippen molar-refractivity contribution >= 4 is 35.6 Å². The van der Waals surface area contributed by atoms with E-state index in [-0.39, 0.29) is 24.0 Å². The molecule has 0 bridgehead atoms. The molecule has 0 aliphatic carbocycles. The summed E-state index contributed by atoms with van der Waals surface area (Å²) in [6.45, 7) is 9.69. The number of nitrogens with one attached hydrogen (secondary N) is 2. The second-order valence-corrected chi connectivity index (χ2v) is 6.04. The van der Waals surface area contributed by atoms with Crippen LogP contribution in [-0.2, 0) is 6.54 Å². The van der Waals surface area contributed by atoms with E-state index in [1.807, 2.05) is 25.1 Å². The number of guanidine groups is 1. The van der Waals surface area contributed by atoms with Crippen molar-refractivity contribution in [1.82, 2.24) is 15.6 Å². The van der Waals surface area contributed by atoms with E-state index >= 15 is 0 Å². The second kappa shape index (κ2) is 11.7. The Bertz CT molecular complexity index is 702. The lowest BCUT2D eigenvalue weighted by molar-refractivity contribution is 0.745. The molecule has 0 radical (unpaired) electrons. The first-order valence-corrected chi connectivity index (χ1v) is 8.81. The molecule has 1 aromatic carbocycles. The first-order valence-electron chi connectivity index (χ1n) is 8.81. The largest absolute Gasteiger partial charge is 0.370 e. The Morgan fingerprint density at radius 2 is 1.88 bits per heavy atom. The van der Waals surface area contributed by atoms with Crippen LogP contribution in [0.3, 0.4) is 0 Å². The van der Waals surface area contributed by atoms with Crippen molar-refractivity contribution in [2.45, 2.75) is 27.3 Å². The van der Waals surface area contributed by atoms with Crippen molar-refractivity contribution in [3.63, 3.8) is 0 Å². The minimum Gasteiger partial charge on any atom is -0.370 e. The van der Waals surface area contributed by atoms with E-state index in [1.54, 1.807) is 7.05 Å². The quantitative estimate of drug-likeness (QED) is 0.372. The van der Waals surface area contributed by atoms with Gasteiger partial charge >= 0.3 is 0 Å². The van der Waals surface area contributed by atoms with Gasteiger partial charge in [0, 0.05) is 38.1 Å². The zero-order chi connectivity index (χ0) is 18.1. The van der Waals surface area contributed by atoms with E-state index in [9.17, 15) is 0 Å². The molecule has 0 aliphatic rings. The third-order valence-electron chi connectivity index (χ3n) is 4.03. The van der Waals surface area contributed by atoms with Gasteiger partial charge in [0.25, 0.3) is 0 Å². The molecule has 0 unspecified atom stereocenters. The third-order valence-corrected chi connectivity index (χ3v) is 4.03. The molecule has 2 rings (SSSR count). The fourth-order valence-electron chi connectivity index (χ4n) is 2.70. The number of hydrogen-bond donors (Lipinski definition) is 2. The van der Waals surface area contributed by atoms with Gasteiger partial charge in [0.15, 0.2) is 5.96 Å². The summed E-state index contributed by atoms with van der Waals surface area (Å²) >= 11 is 0. The van der Waals surface area contributed by atoms with Crippen LogP contribution in [0.5, 0.6) is 0 Å². The van der Waals surface area contributed by atoms with E-state index in [0.29, 0.717) is 6.54 Å². The van der Waals surface area contributed by atoms with Gasteiger partial charge < -0.3 is 15.5 Å². The molecule has 142 valence electrons. The highest BCUT2D eigenvalue weighted by Crippen LogP contribution is 2.14. The summed E-state index contributed by atoms with van der Waals surface area (Å²) in [5.74, 6) is 0.795. The molecule has 0 spiro atoms. The number of likely N-dealkylation sites (N-methyl/N-ethyl adjacent to an activating group) is 1. The predicted molar refractivity (Wildman–Crippen MR) is 122 cm³/mol. The number of halogens is 1. The normalized spacial score (nSPS) is 10.8. The smallest absolute Gasteiger partial charge is 0.191 e. The van der Waals surface area contributed by atoms with Gasteiger partial charge in [-0.05, 0) is 50.6 Å². The van der Waals surface area contributed by atoms with Crippen LogP contribution in [0, 0.1) is 13.8 Å². The molecule has 0 aliphatic heterocycles. The summed E-state index contributed by atoms with van der Waals surface area (Å²) in [4.78, 5) is 11.1. The van der Waals surface area contributed by atoms with Crippen molar-refractivity contribution in [3.8, 4) is 0 Å². The Morgan fingerprint density at radius 3 is 2.54 bits per heavy atom. The minimum absolute atomic E-state index is 0. The third kappa shape index (κ3) is 7.19. The van der Waals surface area contributed by atoms with E-state index in [1.165, 1.54) is 11.3 Å². The Morgan fingerprint density at radius 1 is 1.12 bits per heavy atom. The monoisotopic (exact) mass is 467 g/mol. The van der Waals surface area contributed by atoms with Gasteiger partial charge in [-0.1, -0.05) is 18.2 Å². The molecule has 1 aromatic heterocycles. The standard InChI is InChI=1S/C20H29N5.HI/c1-5-25(19-11-6-8-16(2)14-19)13-12-22-20(21-4)23-15-18-10-7-9-17(3)24-18;/h6-11,14H,5,12-13,15H2,1-4H3,(H2,21,22,23);1H. The van der Waals surface area contributed by atoms with Crippen molar-refractivity contribution in [2.24, 2.45) is 4.99 Å². The van der Waals surface area contributed by atoms with Crippen LogP contribution in [0.25, 0.3) is 0 Å². The van der Waals surface area contributed by atoms with Crippen molar-refractivity contribution in [1.29, 1.82) is 0 Å². The van der Waals surface area contributed by atoms with Crippen LogP contribution < -0.4 is 15.5 Å². The van der Waals surface area contributed by atoms with Crippen LogP contribution in [0.2, 0.25) is 0 Å². The number of hydrogen-bond acceptors (Lipinski definition) is 3. The number of aromatic nitrogens is 1. The summed E-state index contributed by atoms with van der Waals surface area (Å²) in [5, 5.41) is 6.68. The number of rotatable bonds is 7. The van der Waals surface area contributed by atoms with Crippen LogP contribution in [0.4, 0.5) is 5.69 Å². The van der Waals surface area contributed by atoms with Crippen molar-refractivity contribution < 1.29 is 0 Å². The van der Waals surface area contributed by atoms with Gasteiger partial charge in [0.05, 0.1) is 12.2 Å². The maximum Gasteiger partial charge on any atom is 0.191 e. The topological polar surface area (TPSA) is 52.5 Å². The molecular weight excluding hydrogens is 437 g/mol. The maximum absolute atomic E-state index is 4.50. The fraction of sp³-hybridized carbons (Fsp3) is 0.400. The zero-order valence-corrected chi connectivity index (χ0v) is 18.5.